The standard InChI is InChI=1S/C8H8Cl2S2/c1-11-7-5(9)3-4-6(10)8(7)12-2/h3-4H,1-2H3. The van der Waals surface area contributed by atoms with Crippen LogP contribution in [0.5, 0.6) is 0 Å². The Bertz CT molecular complexity index is 258. The Morgan fingerprint density at radius 1 is 0.917 bits per heavy atom. The van der Waals surface area contributed by atoms with Gasteiger partial charge in [-0.05, 0) is 24.6 Å². The summed E-state index contributed by atoms with van der Waals surface area (Å²) in [4.78, 5) is 2.13. The van der Waals surface area contributed by atoms with Crippen molar-refractivity contribution in [1.82, 2.24) is 0 Å². The highest BCUT2D eigenvalue weighted by atomic mass is 35.5. The molecule has 12 heavy (non-hydrogen) atoms. The van der Waals surface area contributed by atoms with Gasteiger partial charge >= 0.3 is 0 Å². The maximum atomic E-state index is 5.99. The van der Waals surface area contributed by atoms with Crippen molar-refractivity contribution in [2.24, 2.45) is 0 Å². The van der Waals surface area contributed by atoms with Crippen LogP contribution in [0.3, 0.4) is 0 Å². The molecule has 1 rings (SSSR count). The molecule has 0 aromatic heterocycles. The summed E-state index contributed by atoms with van der Waals surface area (Å²) in [5, 5.41) is 1.55. The van der Waals surface area contributed by atoms with Crippen LogP contribution in [-0.4, -0.2) is 12.5 Å². The normalized spacial score (nSPS) is 10.3. The number of thioether (sulfide) groups is 2. The maximum absolute atomic E-state index is 5.99. The van der Waals surface area contributed by atoms with Crippen molar-refractivity contribution in [3.8, 4) is 0 Å². The Morgan fingerprint density at radius 3 is 1.50 bits per heavy atom. The predicted molar refractivity (Wildman–Crippen MR) is 60.0 cm³/mol. The molecule has 0 spiro atoms. The summed E-state index contributed by atoms with van der Waals surface area (Å²) in [6.45, 7) is 0. The van der Waals surface area contributed by atoms with Crippen molar-refractivity contribution in [1.29, 1.82) is 0 Å². The molecule has 0 aliphatic carbocycles. The molecule has 0 fully saturated rings. The molecule has 0 atom stereocenters. The van der Waals surface area contributed by atoms with E-state index in [9.17, 15) is 0 Å². The molecule has 0 aliphatic rings. The fourth-order valence-electron chi connectivity index (χ4n) is 0.895. The van der Waals surface area contributed by atoms with Gasteiger partial charge in [0.05, 0.1) is 10.0 Å². The van der Waals surface area contributed by atoms with E-state index in [4.69, 9.17) is 23.2 Å². The summed E-state index contributed by atoms with van der Waals surface area (Å²) >= 11 is 15.2. The lowest BCUT2D eigenvalue weighted by Crippen LogP contribution is -1.80. The van der Waals surface area contributed by atoms with Gasteiger partial charge in [0.1, 0.15) is 0 Å². The fourth-order valence-corrected chi connectivity index (χ4v) is 3.40. The van der Waals surface area contributed by atoms with Crippen molar-refractivity contribution >= 4 is 46.7 Å². The molecule has 0 saturated heterocycles. The summed E-state index contributed by atoms with van der Waals surface area (Å²) in [5.41, 5.74) is 0. The molecule has 0 saturated carbocycles. The highest BCUT2D eigenvalue weighted by molar-refractivity contribution is 8.01. The summed E-state index contributed by atoms with van der Waals surface area (Å²) in [6, 6.07) is 3.66. The molecule has 66 valence electrons. The fraction of sp³-hybridized carbons (Fsp3) is 0.250. The molecular formula is C8H8Cl2S2. The van der Waals surface area contributed by atoms with E-state index in [0.717, 1.165) is 19.8 Å². The van der Waals surface area contributed by atoms with Gasteiger partial charge in [0.25, 0.3) is 0 Å². The van der Waals surface area contributed by atoms with E-state index in [1.54, 1.807) is 23.5 Å². The molecule has 0 N–H and O–H groups in total. The Balaban J connectivity index is 3.28. The molecule has 0 aliphatic heterocycles. The average Bonchev–Trinajstić information content (AvgIpc) is 2.08. The summed E-state index contributed by atoms with van der Waals surface area (Å²) in [5.74, 6) is 0. The van der Waals surface area contributed by atoms with E-state index in [0.29, 0.717) is 0 Å². The molecule has 0 radical (unpaired) electrons. The van der Waals surface area contributed by atoms with Crippen molar-refractivity contribution in [3.05, 3.63) is 22.2 Å². The second-order valence-corrected chi connectivity index (χ2v) is 4.54. The van der Waals surface area contributed by atoms with E-state index in [2.05, 4.69) is 0 Å². The first-order valence-electron chi connectivity index (χ1n) is 3.26. The molecule has 1 aromatic rings. The predicted octanol–water partition coefficient (Wildman–Crippen LogP) is 4.44. The minimum atomic E-state index is 0.774. The van der Waals surface area contributed by atoms with Crippen LogP contribution in [0.2, 0.25) is 10.0 Å². The number of halogens is 2. The first kappa shape index (κ1) is 10.6. The van der Waals surface area contributed by atoms with Crippen molar-refractivity contribution < 1.29 is 0 Å². The zero-order valence-electron chi connectivity index (χ0n) is 6.73. The zero-order chi connectivity index (χ0) is 9.14. The van der Waals surface area contributed by atoms with Crippen LogP contribution in [0, 0.1) is 0 Å². The van der Waals surface area contributed by atoms with Gasteiger partial charge in [0.2, 0.25) is 0 Å². The summed E-state index contributed by atoms with van der Waals surface area (Å²) < 4.78 is 0. The topological polar surface area (TPSA) is 0 Å². The second kappa shape index (κ2) is 4.66. The third kappa shape index (κ3) is 2.05. The van der Waals surface area contributed by atoms with Gasteiger partial charge in [-0.15, -0.1) is 23.5 Å². The van der Waals surface area contributed by atoms with E-state index < -0.39 is 0 Å². The minimum absolute atomic E-state index is 0.774. The van der Waals surface area contributed by atoms with Crippen LogP contribution in [0.4, 0.5) is 0 Å². The van der Waals surface area contributed by atoms with Gasteiger partial charge in [0.15, 0.2) is 0 Å². The average molecular weight is 239 g/mol. The van der Waals surface area contributed by atoms with Crippen LogP contribution in [0.1, 0.15) is 0 Å². The van der Waals surface area contributed by atoms with E-state index in [-0.39, 0.29) is 0 Å². The van der Waals surface area contributed by atoms with Crippen LogP contribution in [0.15, 0.2) is 21.9 Å². The monoisotopic (exact) mass is 238 g/mol. The van der Waals surface area contributed by atoms with Crippen molar-refractivity contribution in [2.45, 2.75) is 9.79 Å². The van der Waals surface area contributed by atoms with Gasteiger partial charge in [-0.1, -0.05) is 23.2 Å². The second-order valence-electron chi connectivity index (χ2n) is 2.10. The van der Waals surface area contributed by atoms with Crippen molar-refractivity contribution in [3.63, 3.8) is 0 Å². The first-order chi connectivity index (χ1) is 5.70. The molecule has 0 nitrogen and oxygen atoms in total. The van der Waals surface area contributed by atoms with Gasteiger partial charge in [0, 0.05) is 9.79 Å². The molecule has 0 heterocycles. The van der Waals surface area contributed by atoms with Crippen molar-refractivity contribution in [2.75, 3.05) is 12.5 Å². The molecule has 1 aromatic carbocycles. The number of rotatable bonds is 2. The molecule has 0 bridgehead atoms. The largest absolute Gasteiger partial charge is 0.127 e. The van der Waals surface area contributed by atoms with Crippen LogP contribution in [-0.2, 0) is 0 Å². The third-order valence-electron chi connectivity index (χ3n) is 1.42. The summed E-state index contributed by atoms with van der Waals surface area (Å²) in [6.07, 6.45) is 3.99. The van der Waals surface area contributed by atoms with Gasteiger partial charge in [-0.2, -0.15) is 0 Å². The quantitative estimate of drug-likeness (QED) is 0.700. The Labute approximate surface area is 91.0 Å². The van der Waals surface area contributed by atoms with E-state index in [1.165, 1.54) is 0 Å². The van der Waals surface area contributed by atoms with Crippen LogP contribution < -0.4 is 0 Å². The zero-order valence-corrected chi connectivity index (χ0v) is 9.87. The lowest BCUT2D eigenvalue weighted by atomic mass is 10.3. The number of benzene rings is 1. The van der Waals surface area contributed by atoms with Gasteiger partial charge in [-0.3, -0.25) is 0 Å². The number of hydrogen-bond donors (Lipinski definition) is 0. The Morgan fingerprint density at radius 2 is 1.25 bits per heavy atom. The number of hydrogen-bond acceptors (Lipinski definition) is 2. The molecule has 0 amide bonds. The molecule has 4 heteroatoms. The molecule has 0 unspecified atom stereocenters. The SMILES string of the molecule is CSc1c(Cl)ccc(Cl)c1SC. The minimum Gasteiger partial charge on any atom is -0.127 e. The first-order valence-corrected chi connectivity index (χ1v) is 6.47. The van der Waals surface area contributed by atoms with Gasteiger partial charge in [-0.25, -0.2) is 0 Å². The lowest BCUT2D eigenvalue weighted by Gasteiger charge is -2.07. The maximum Gasteiger partial charge on any atom is 0.0554 e. The van der Waals surface area contributed by atoms with Gasteiger partial charge < -0.3 is 0 Å². The van der Waals surface area contributed by atoms with Crippen LogP contribution in [0.25, 0.3) is 0 Å². The van der Waals surface area contributed by atoms with E-state index in [1.807, 2.05) is 24.6 Å². The van der Waals surface area contributed by atoms with E-state index >= 15 is 0 Å². The smallest absolute Gasteiger partial charge is 0.0554 e. The highest BCUT2D eigenvalue weighted by Gasteiger charge is 2.08. The molecular weight excluding hydrogens is 231 g/mol. The Hall–Kier alpha value is 0.500. The van der Waals surface area contributed by atoms with Crippen LogP contribution >= 0.6 is 46.7 Å². The third-order valence-corrected chi connectivity index (χ3v) is 4.07. The highest BCUT2D eigenvalue weighted by Crippen LogP contribution is 2.38. The Kier molecular flexibility index (Phi) is 4.11. The lowest BCUT2D eigenvalue weighted by molar-refractivity contribution is 1.26. The summed E-state index contributed by atoms with van der Waals surface area (Å²) in [7, 11) is 0.